The van der Waals surface area contributed by atoms with Crippen molar-refractivity contribution in [2.24, 2.45) is 0 Å². The predicted molar refractivity (Wildman–Crippen MR) is 64.0 cm³/mol. The van der Waals surface area contributed by atoms with Crippen LogP contribution in [0.5, 0.6) is 5.75 Å². The van der Waals surface area contributed by atoms with E-state index < -0.39 is 0 Å². The smallest absolute Gasteiger partial charge is 0.139 e. The van der Waals surface area contributed by atoms with Gasteiger partial charge in [-0.3, -0.25) is 0 Å². The van der Waals surface area contributed by atoms with Gasteiger partial charge in [0.1, 0.15) is 16.3 Å². The minimum Gasteiger partial charge on any atom is -0.495 e. The number of hydrogen-bond donors (Lipinski definition) is 0. The average Bonchev–Trinajstić information content (AvgIpc) is 2.71. The van der Waals surface area contributed by atoms with Gasteiger partial charge in [0.25, 0.3) is 0 Å². The van der Waals surface area contributed by atoms with Crippen LogP contribution in [0.25, 0.3) is 11.0 Å². The third-order valence-corrected chi connectivity index (χ3v) is 2.90. The third kappa shape index (κ3) is 1.85. The highest BCUT2D eigenvalue weighted by atomic mass is 35.5. The van der Waals surface area contributed by atoms with Gasteiger partial charge in [0.15, 0.2) is 0 Å². The largest absolute Gasteiger partial charge is 0.495 e. The lowest BCUT2D eigenvalue weighted by Gasteiger charge is -2.03. The van der Waals surface area contributed by atoms with Gasteiger partial charge in [0, 0.05) is 6.54 Å². The van der Waals surface area contributed by atoms with Gasteiger partial charge < -0.3 is 4.74 Å². The van der Waals surface area contributed by atoms with Crippen LogP contribution in [0.2, 0.25) is 5.02 Å². The molecule has 86 valence electrons. The Morgan fingerprint density at radius 2 is 2.25 bits per heavy atom. The Balaban J connectivity index is 2.45. The molecule has 0 aliphatic carbocycles. The Labute approximate surface area is 99.1 Å². The van der Waals surface area contributed by atoms with Crippen LogP contribution in [0.4, 0.5) is 0 Å². The topological polar surface area (TPSA) is 39.9 Å². The molecule has 0 radical (unpaired) electrons. The fourth-order valence-electron chi connectivity index (χ4n) is 1.62. The number of aryl methyl sites for hydroxylation is 1. The standard InChI is InChI=1S/C11H14ClN3O/c1-3-4-7-15-8-5-6-9(16-2)10(12)11(8)13-14-15/h5-6H,3-4,7H2,1-2H3. The zero-order valence-corrected chi connectivity index (χ0v) is 10.2. The Morgan fingerprint density at radius 3 is 2.94 bits per heavy atom. The van der Waals surface area contributed by atoms with E-state index >= 15 is 0 Å². The molecule has 0 N–H and O–H groups in total. The summed E-state index contributed by atoms with van der Waals surface area (Å²) in [5.74, 6) is 0.636. The molecule has 0 saturated carbocycles. The molecule has 0 aliphatic heterocycles. The zero-order valence-electron chi connectivity index (χ0n) is 9.40. The van der Waals surface area contributed by atoms with Crippen molar-refractivity contribution in [3.8, 4) is 5.75 Å². The third-order valence-electron chi connectivity index (χ3n) is 2.53. The van der Waals surface area contributed by atoms with Crippen LogP contribution in [-0.4, -0.2) is 22.1 Å². The molecule has 2 aromatic rings. The lowest BCUT2D eigenvalue weighted by atomic mass is 10.3. The lowest BCUT2D eigenvalue weighted by Crippen LogP contribution is -1.99. The van der Waals surface area contributed by atoms with Crippen LogP contribution >= 0.6 is 11.6 Å². The minimum absolute atomic E-state index is 0.530. The van der Waals surface area contributed by atoms with Gasteiger partial charge >= 0.3 is 0 Å². The van der Waals surface area contributed by atoms with Crippen LogP contribution in [0.3, 0.4) is 0 Å². The maximum Gasteiger partial charge on any atom is 0.139 e. The van der Waals surface area contributed by atoms with E-state index in [9.17, 15) is 0 Å². The number of methoxy groups -OCH3 is 1. The maximum atomic E-state index is 6.15. The second kappa shape index (κ2) is 4.70. The fourth-order valence-corrected chi connectivity index (χ4v) is 1.89. The van der Waals surface area contributed by atoms with Crippen molar-refractivity contribution < 1.29 is 4.74 Å². The molecule has 0 spiro atoms. The number of fused-ring (bicyclic) bond motifs is 1. The fraction of sp³-hybridized carbons (Fsp3) is 0.455. The first-order chi connectivity index (χ1) is 7.77. The second-order valence-electron chi connectivity index (χ2n) is 3.62. The van der Waals surface area contributed by atoms with E-state index in [1.165, 1.54) is 0 Å². The first-order valence-corrected chi connectivity index (χ1v) is 5.71. The molecule has 0 saturated heterocycles. The summed E-state index contributed by atoms with van der Waals surface area (Å²) in [5.41, 5.74) is 1.66. The van der Waals surface area contributed by atoms with Crippen molar-refractivity contribution in [2.45, 2.75) is 26.3 Å². The van der Waals surface area contributed by atoms with Gasteiger partial charge in [-0.15, -0.1) is 5.10 Å². The van der Waals surface area contributed by atoms with E-state index in [1.807, 2.05) is 16.8 Å². The van der Waals surface area contributed by atoms with Crippen molar-refractivity contribution in [3.05, 3.63) is 17.2 Å². The van der Waals surface area contributed by atoms with Crippen LogP contribution in [0.1, 0.15) is 19.8 Å². The molecule has 0 amide bonds. The molecule has 0 aliphatic rings. The molecule has 0 unspecified atom stereocenters. The van der Waals surface area contributed by atoms with Gasteiger partial charge in [-0.25, -0.2) is 4.68 Å². The molecule has 1 aromatic heterocycles. The van der Waals surface area contributed by atoms with Gasteiger partial charge in [0.2, 0.25) is 0 Å². The predicted octanol–water partition coefficient (Wildman–Crippen LogP) is 2.89. The summed E-state index contributed by atoms with van der Waals surface area (Å²) in [4.78, 5) is 0. The highest BCUT2D eigenvalue weighted by Crippen LogP contribution is 2.30. The lowest BCUT2D eigenvalue weighted by molar-refractivity contribution is 0.415. The summed E-state index contributed by atoms with van der Waals surface area (Å²) < 4.78 is 7.01. The Bertz CT molecular complexity index is 495. The minimum atomic E-state index is 0.530. The van der Waals surface area contributed by atoms with Crippen LogP contribution < -0.4 is 4.74 Å². The molecule has 5 heteroatoms. The summed E-state index contributed by atoms with van der Waals surface area (Å²) >= 11 is 6.15. The summed E-state index contributed by atoms with van der Waals surface area (Å²) in [7, 11) is 1.59. The zero-order chi connectivity index (χ0) is 11.5. The highest BCUT2D eigenvalue weighted by molar-refractivity contribution is 6.36. The summed E-state index contributed by atoms with van der Waals surface area (Å²) in [6.07, 6.45) is 2.22. The van der Waals surface area contributed by atoms with E-state index in [2.05, 4.69) is 17.2 Å². The van der Waals surface area contributed by atoms with E-state index in [-0.39, 0.29) is 0 Å². The summed E-state index contributed by atoms with van der Waals surface area (Å²) in [5, 5.41) is 8.71. The first kappa shape index (κ1) is 11.2. The van der Waals surface area contributed by atoms with Gasteiger partial charge in [-0.2, -0.15) is 0 Å². The van der Waals surface area contributed by atoms with E-state index in [4.69, 9.17) is 16.3 Å². The number of halogens is 1. The number of hydrogen-bond acceptors (Lipinski definition) is 3. The Kier molecular flexibility index (Phi) is 3.29. The molecule has 0 atom stereocenters. The molecular formula is C11H14ClN3O. The molecule has 16 heavy (non-hydrogen) atoms. The van der Waals surface area contributed by atoms with Crippen molar-refractivity contribution in [3.63, 3.8) is 0 Å². The SMILES string of the molecule is CCCCn1nnc2c(Cl)c(OC)ccc21. The van der Waals surface area contributed by atoms with Crippen molar-refractivity contribution in [2.75, 3.05) is 7.11 Å². The highest BCUT2D eigenvalue weighted by Gasteiger charge is 2.11. The van der Waals surface area contributed by atoms with E-state index in [0.29, 0.717) is 16.3 Å². The summed E-state index contributed by atoms with van der Waals surface area (Å²) in [6, 6.07) is 3.78. The number of benzene rings is 1. The second-order valence-corrected chi connectivity index (χ2v) is 3.99. The molecule has 1 aromatic carbocycles. The van der Waals surface area contributed by atoms with E-state index in [0.717, 1.165) is 24.9 Å². The number of aromatic nitrogens is 3. The maximum absolute atomic E-state index is 6.15. The number of unbranched alkanes of at least 4 members (excludes halogenated alkanes) is 1. The average molecular weight is 240 g/mol. The van der Waals surface area contributed by atoms with Crippen LogP contribution in [0.15, 0.2) is 12.1 Å². The molecule has 0 fully saturated rings. The molecular weight excluding hydrogens is 226 g/mol. The number of nitrogens with zero attached hydrogens (tertiary/aromatic N) is 3. The van der Waals surface area contributed by atoms with E-state index in [1.54, 1.807) is 7.11 Å². The van der Waals surface area contributed by atoms with Gasteiger partial charge in [-0.1, -0.05) is 30.2 Å². The number of rotatable bonds is 4. The molecule has 4 nitrogen and oxygen atoms in total. The molecule has 1 heterocycles. The van der Waals surface area contributed by atoms with Crippen molar-refractivity contribution in [1.29, 1.82) is 0 Å². The van der Waals surface area contributed by atoms with Crippen molar-refractivity contribution in [1.82, 2.24) is 15.0 Å². The van der Waals surface area contributed by atoms with Crippen LogP contribution in [-0.2, 0) is 6.54 Å². The normalized spacial score (nSPS) is 10.9. The quantitative estimate of drug-likeness (QED) is 0.824. The molecule has 0 bridgehead atoms. The Morgan fingerprint density at radius 1 is 1.44 bits per heavy atom. The monoisotopic (exact) mass is 239 g/mol. The first-order valence-electron chi connectivity index (χ1n) is 5.33. The molecule has 2 rings (SSSR count). The number of ether oxygens (including phenoxy) is 1. The van der Waals surface area contributed by atoms with Crippen LogP contribution in [0, 0.1) is 0 Å². The summed E-state index contributed by atoms with van der Waals surface area (Å²) in [6.45, 7) is 3.02. The Hall–Kier alpha value is -1.29. The van der Waals surface area contributed by atoms with Gasteiger partial charge in [-0.05, 0) is 18.6 Å². The van der Waals surface area contributed by atoms with Gasteiger partial charge in [0.05, 0.1) is 12.6 Å². The van der Waals surface area contributed by atoms with Crippen molar-refractivity contribution >= 4 is 22.6 Å².